The van der Waals surface area contributed by atoms with Crippen LogP contribution in [-0.4, -0.2) is 4.98 Å². The van der Waals surface area contributed by atoms with Crippen molar-refractivity contribution in [2.45, 2.75) is 41.0 Å². The summed E-state index contributed by atoms with van der Waals surface area (Å²) >= 11 is 0. The number of fused-ring (bicyclic) bond motifs is 1. The van der Waals surface area contributed by atoms with Crippen LogP contribution in [0.1, 0.15) is 38.8 Å². The Bertz CT molecular complexity index is 438. The summed E-state index contributed by atoms with van der Waals surface area (Å²) in [5, 5.41) is 1.39. The smallest absolute Gasteiger partial charge is 0.0456 e. The summed E-state index contributed by atoms with van der Waals surface area (Å²) in [5.41, 5.74) is 4.16. The molecule has 1 heteroatoms. The number of aromatic amines is 1. The van der Waals surface area contributed by atoms with Gasteiger partial charge in [0.05, 0.1) is 0 Å². The van der Waals surface area contributed by atoms with Crippen LogP contribution in [0.4, 0.5) is 0 Å². The average Bonchev–Trinajstić information content (AvgIpc) is 2.73. The van der Waals surface area contributed by atoms with E-state index in [1.807, 2.05) is 20.0 Å². The van der Waals surface area contributed by atoms with Gasteiger partial charge in [-0.05, 0) is 42.5 Å². The Morgan fingerprint density at radius 1 is 1.12 bits per heavy atom. The van der Waals surface area contributed by atoms with E-state index in [1.54, 1.807) is 0 Å². The number of hydrogen-bond acceptors (Lipinski definition) is 0. The second-order valence-electron chi connectivity index (χ2n) is 4.40. The fourth-order valence-electron chi connectivity index (χ4n) is 1.98. The standard InChI is InChI=1S/C13H17N.C2H6/c1-9(2)8-12-10(3)4-5-13-11(12)6-7-14-13;1-2/h4-7,9,14H,8H2,1-3H3;1-2H3. The van der Waals surface area contributed by atoms with E-state index in [0.29, 0.717) is 5.92 Å². The van der Waals surface area contributed by atoms with Crippen molar-refractivity contribution in [1.82, 2.24) is 4.98 Å². The molecule has 1 N–H and O–H groups in total. The van der Waals surface area contributed by atoms with Crippen molar-refractivity contribution in [3.8, 4) is 0 Å². The van der Waals surface area contributed by atoms with Crippen LogP contribution in [-0.2, 0) is 6.42 Å². The third-order valence-electron chi connectivity index (χ3n) is 2.69. The van der Waals surface area contributed by atoms with Crippen LogP contribution in [0.5, 0.6) is 0 Å². The zero-order valence-corrected chi connectivity index (χ0v) is 11.1. The molecule has 16 heavy (non-hydrogen) atoms. The van der Waals surface area contributed by atoms with Gasteiger partial charge >= 0.3 is 0 Å². The number of aryl methyl sites for hydroxylation is 1. The molecule has 88 valence electrons. The number of hydrogen-bond donors (Lipinski definition) is 1. The molecule has 2 rings (SSSR count). The largest absolute Gasteiger partial charge is 0.361 e. The van der Waals surface area contributed by atoms with E-state index in [0.717, 1.165) is 0 Å². The number of rotatable bonds is 2. The summed E-state index contributed by atoms with van der Waals surface area (Å²) in [4.78, 5) is 3.26. The first-order valence-electron chi connectivity index (χ1n) is 6.24. The number of nitrogens with one attached hydrogen (secondary N) is 1. The lowest BCUT2D eigenvalue weighted by atomic mass is 9.95. The van der Waals surface area contributed by atoms with Crippen molar-refractivity contribution >= 4 is 10.9 Å². The predicted octanol–water partition coefficient (Wildman–Crippen LogP) is 4.70. The van der Waals surface area contributed by atoms with Gasteiger partial charge in [0.2, 0.25) is 0 Å². The molecule has 0 bridgehead atoms. The lowest BCUT2D eigenvalue weighted by Gasteiger charge is -2.10. The molecule has 0 saturated heterocycles. The molecule has 0 radical (unpaired) electrons. The van der Waals surface area contributed by atoms with Gasteiger partial charge in [0.15, 0.2) is 0 Å². The number of H-pyrrole nitrogens is 1. The fraction of sp³-hybridized carbons (Fsp3) is 0.467. The van der Waals surface area contributed by atoms with Crippen LogP contribution in [0.25, 0.3) is 10.9 Å². The van der Waals surface area contributed by atoms with Crippen LogP contribution < -0.4 is 0 Å². The van der Waals surface area contributed by atoms with Crippen molar-refractivity contribution in [3.63, 3.8) is 0 Å². The van der Waals surface area contributed by atoms with Gasteiger partial charge in [0, 0.05) is 17.1 Å². The van der Waals surface area contributed by atoms with Gasteiger partial charge < -0.3 is 4.98 Å². The molecular weight excluding hydrogens is 194 g/mol. The monoisotopic (exact) mass is 217 g/mol. The van der Waals surface area contributed by atoms with Gasteiger partial charge in [-0.2, -0.15) is 0 Å². The minimum absolute atomic E-state index is 0.717. The third kappa shape index (κ3) is 2.66. The van der Waals surface area contributed by atoms with Crippen molar-refractivity contribution in [1.29, 1.82) is 0 Å². The highest BCUT2D eigenvalue weighted by atomic mass is 14.7. The van der Waals surface area contributed by atoms with Crippen molar-refractivity contribution in [2.75, 3.05) is 0 Å². The van der Waals surface area contributed by atoms with E-state index in [2.05, 4.69) is 44.0 Å². The number of aromatic nitrogens is 1. The third-order valence-corrected chi connectivity index (χ3v) is 2.69. The van der Waals surface area contributed by atoms with E-state index in [-0.39, 0.29) is 0 Å². The van der Waals surface area contributed by atoms with Gasteiger partial charge in [0.1, 0.15) is 0 Å². The predicted molar refractivity (Wildman–Crippen MR) is 72.9 cm³/mol. The van der Waals surface area contributed by atoms with Crippen molar-refractivity contribution < 1.29 is 0 Å². The fourth-order valence-corrected chi connectivity index (χ4v) is 1.98. The molecule has 0 aliphatic carbocycles. The maximum Gasteiger partial charge on any atom is 0.0456 e. The van der Waals surface area contributed by atoms with E-state index >= 15 is 0 Å². The molecular formula is C15H23N. The maximum atomic E-state index is 3.26. The SMILES string of the molecule is CC.Cc1ccc2[nH]ccc2c1CC(C)C. The Kier molecular flexibility index (Phi) is 4.60. The summed E-state index contributed by atoms with van der Waals surface area (Å²) in [6.07, 6.45) is 3.19. The van der Waals surface area contributed by atoms with Gasteiger partial charge in [-0.1, -0.05) is 33.8 Å². The molecule has 0 fully saturated rings. The van der Waals surface area contributed by atoms with Crippen LogP contribution in [0.15, 0.2) is 24.4 Å². The Balaban J connectivity index is 0.000000606. The highest BCUT2D eigenvalue weighted by Crippen LogP contribution is 2.23. The molecule has 0 atom stereocenters. The maximum absolute atomic E-state index is 3.26. The first-order chi connectivity index (χ1) is 7.68. The lowest BCUT2D eigenvalue weighted by molar-refractivity contribution is 0.648. The van der Waals surface area contributed by atoms with Crippen LogP contribution in [0.3, 0.4) is 0 Å². The van der Waals surface area contributed by atoms with Crippen molar-refractivity contribution in [2.24, 2.45) is 5.92 Å². The van der Waals surface area contributed by atoms with E-state index < -0.39 is 0 Å². The van der Waals surface area contributed by atoms with E-state index in [1.165, 1.54) is 28.5 Å². The molecule has 0 saturated carbocycles. The Morgan fingerprint density at radius 2 is 1.81 bits per heavy atom. The molecule has 0 unspecified atom stereocenters. The molecule has 1 heterocycles. The van der Waals surface area contributed by atoms with E-state index in [4.69, 9.17) is 0 Å². The Labute approximate surface area is 98.9 Å². The summed E-state index contributed by atoms with van der Waals surface area (Å²) < 4.78 is 0. The number of benzene rings is 1. The Hall–Kier alpha value is -1.24. The average molecular weight is 217 g/mol. The minimum atomic E-state index is 0.717. The van der Waals surface area contributed by atoms with Crippen molar-refractivity contribution in [3.05, 3.63) is 35.5 Å². The van der Waals surface area contributed by atoms with Gasteiger partial charge in [0.25, 0.3) is 0 Å². The summed E-state index contributed by atoms with van der Waals surface area (Å²) in [6, 6.07) is 6.55. The van der Waals surface area contributed by atoms with Gasteiger partial charge in [-0.3, -0.25) is 0 Å². The summed E-state index contributed by atoms with van der Waals surface area (Å²) in [7, 11) is 0. The van der Waals surface area contributed by atoms with Crippen LogP contribution >= 0.6 is 0 Å². The highest BCUT2D eigenvalue weighted by Gasteiger charge is 2.06. The first-order valence-corrected chi connectivity index (χ1v) is 6.24. The molecule has 1 nitrogen and oxygen atoms in total. The molecule has 1 aromatic carbocycles. The van der Waals surface area contributed by atoms with Gasteiger partial charge in [-0.25, -0.2) is 0 Å². The highest BCUT2D eigenvalue weighted by molar-refractivity contribution is 5.84. The minimum Gasteiger partial charge on any atom is -0.361 e. The molecule has 0 aliphatic heterocycles. The summed E-state index contributed by atoms with van der Waals surface area (Å²) in [5.74, 6) is 0.717. The second-order valence-corrected chi connectivity index (χ2v) is 4.40. The molecule has 0 amide bonds. The van der Waals surface area contributed by atoms with Crippen LogP contribution in [0, 0.1) is 12.8 Å². The zero-order valence-electron chi connectivity index (χ0n) is 11.1. The van der Waals surface area contributed by atoms with Crippen LogP contribution in [0.2, 0.25) is 0 Å². The molecule has 0 spiro atoms. The summed E-state index contributed by atoms with van der Waals surface area (Å²) in [6.45, 7) is 10.7. The quantitative estimate of drug-likeness (QED) is 0.750. The zero-order chi connectivity index (χ0) is 12.1. The lowest BCUT2D eigenvalue weighted by Crippen LogP contribution is -1.97. The molecule has 1 aromatic heterocycles. The molecule has 2 aromatic rings. The first kappa shape index (κ1) is 12.8. The second kappa shape index (κ2) is 5.74. The molecule has 0 aliphatic rings. The van der Waals surface area contributed by atoms with Gasteiger partial charge in [-0.15, -0.1) is 0 Å². The topological polar surface area (TPSA) is 15.8 Å². The normalized spacial score (nSPS) is 10.4. The Morgan fingerprint density at radius 3 is 2.44 bits per heavy atom. The van der Waals surface area contributed by atoms with E-state index in [9.17, 15) is 0 Å².